The highest BCUT2D eigenvalue weighted by Gasteiger charge is 2.68. The molecule has 3 aliphatic rings. The Morgan fingerprint density at radius 2 is 1.18 bits per heavy atom. The van der Waals surface area contributed by atoms with Crippen LogP contribution in [0.3, 0.4) is 0 Å². The highest BCUT2D eigenvalue weighted by atomic mass is 32.2. The summed E-state index contributed by atoms with van der Waals surface area (Å²) in [7, 11) is 0. The van der Waals surface area contributed by atoms with E-state index in [1.165, 1.54) is 5.69 Å². The minimum Gasteiger partial charge on any atom is -0.459 e. The van der Waals surface area contributed by atoms with Gasteiger partial charge in [-0.3, -0.25) is 10.1 Å². The molecule has 2 unspecified atom stereocenters. The number of β-lactam (4-membered cyclic amide) rings is 1. The van der Waals surface area contributed by atoms with E-state index in [0.29, 0.717) is 0 Å². The number of piperidine rings is 1. The van der Waals surface area contributed by atoms with Crippen LogP contribution in [0.4, 0.5) is 5.69 Å². The number of hydrogen-bond donors (Lipinski definition) is 1. The van der Waals surface area contributed by atoms with Crippen molar-refractivity contribution in [3.8, 4) is 0 Å². The molecule has 8 rings (SSSR count). The minimum atomic E-state index is -0.799. The number of hydrogen-bond acceptors (Lipinski definition) is 6. The number of rotatable bonds is 9. The standard InChI is InChI=1S/C42H39N3O3S/c46-38-36(43-42(32-18-8-2-9-19-32,33-20-10-3-11-21-33)34-22-12-4-13-23-34)39-45(38)37(40(47)48-30-31-16-6-1-7-17-31)41(49-39)26-28-44(29-27-41)35-24-14-5-15-25-35/h1-25,36-37,39,43H,26-30H2/t36?,37?,39-/m0/s1. The first-order valence-electron chi connectivity index (χ1n) is 17.0. The number of amides is 1. The van der Waals surface area contributed by atoms with Crippen molar-refractivity contribution in [2.45, 2.75) is 47.2 Å². The molecule has 1 spiro atoms. The molecule has 246 valence electrons. The zero-order chi connectivity index (χ0) is 33.3. The van der Waals surface area contributed by atoms with Crippen molar-refractivity contribution >= 4 is 29.3 Å². The van der Waals surface area contributed by atoms with Crippen molar-refractivity contribution in [3.63, 3.8) is 0 Å². The van der Waals surface area contributed by atoms with E-state index >= 15 is 0 Å². The number of ether oxygens (including phenoxy) is 1. The number of carbonyl (C=O) groups is 2. The molecule has 5 aromatic carbocycles. The van der Waals surface area contributed by atoms with E-state index in [1.54, 1.807) is 11.8 Å². The molecule has 3 atom stereocenters. The molecular weight excluding hydrogens is 627 g/mol. The van der Waals surface area contributed by atoms with E-state index in [4.69, 9.17) is 4.74 Å². The van der Waals surface area contributed by atoms with Gasteiger partial charge in [0.15, 0.2) is 0 Å². The largest absolute Gasteiger partial charge is 0.459 e. The average molecular weight is 666 g/mol. The van der Waals surface area contributed by atoms with Crippen molar-refractivity contribution in [1.82, 2.24) is 10.2 Å². The Bertz CT molecular complexity index is 1790. The predicted molar refractivity (Wildman–Crippen MR) is 195 cm³/mol. The molecule has 6 nitrogen and oxygen atoms in total. The number of nitrogens with zero attached hydrogens (tertiary/aromatic N) is 2. The van der Waals surface area contributed by atoms with Crippen molar-refractivity contribution in [1.29, 1.82) is 0 Å². The van der Waals surface area contributed by atoms with E-state index in [0.717, 1.165) is 48.2 Å². The van der Waals surface area contributed by atoms with Crippen LogP contribution in [0.1, 0.15) is 35.1 Å². The van der Waals surface area contributed by atoms with E-state index < -0.39 is 22.4 Å². The Morgan fingerprint density at radius 3 is 1.69 bits per heavy atom. The summed E-state index contributed by atoms with van der Waals surface area (Å²) in [5, 5.41) is 3.71. The fourth-order valence-electron chi connectivity index (χ4n) is 7.93. The quantitative estimate of drug-likeness (QED) is 0.104. The van der Waals surface area contributed by atoms with Gasteiger partial charge in [-0.1, -0.05) is 140 Å². The van der Waals surface area contributed by atoms with Crippen molar-refractivity contribution in [3.05, 3.63) is 174 Å². The van der Waals surface area contributed by atoms with Crippen LogP contribution in [0.5, 0.6) is 0 Å². The van der Waals surface area contributed by atoms with Crippen molar-refractivity contribution in [2.75, 3.05) is 18.0 Å². The molecule has 0 saturated carbocycles. The number of nitrogens with one attached hydrogen (secondary N) is 1. The summed E-state index contributed by atoms with van der Waals surface area (Å²) >= 11 is 1.79. The van der Waals surface area contributed by atoms with Gasteiger partial charge in [0, 0.05) is 18.8 Å². The molecule has 49 heavy (non-hydrogen) atoms. The fourth-order valence-corrected chi connectivity index (χ4v) is 9.83. The number of para-hydroxylation sites is 1. The van der Waals surface area contributed by atoms with Gasteiger partial charge in [0.2, 0.25) is 5.91 Å². The highest BCUT2D eigenvalue weighted by Crippen LogP contribution is 2.57. The molecular formula is C42H39N3O3S. The molecule has 3 aliphatic heterocycles. The molecule has 0 radical (unpaired) electrons. The average Bonchev–Trinajstić information content (AvgIpc) is 3.47. The molecule has 3 fully saturated rings. The van der Waals surface area contributed by atoms with Gasteiger partial charge < -0.3 is 14.5 Å². The van der Waals surface area contributed by atoms with Crippen LogP contribution >= 0.6 is 11.8 Å². The van der Waals surface area contributed by atoms with Gasteiger partial charge in [-0.2, -0.15) is 0 Å². The third-order valence-electron chi connectivity index (χ3n) is 10.4. The molecule has 3 heterocycles. The van der Waals surface area contributed by atoms with Gasteiger partial charge in [0.1, 0.15) is 24.1 Å². The second-order valence-corrected chi connectivity index (χ2v) is 14.6. The highest BCUT2D eigenvalue weighted by molar-refractivity contribution is 8.01. The van der Waals surface area contributed by atoms with Crippen LogP contribution in [0, 0.1) is 0 Å². The normalized spacial score (nSPS) is 21.2. The molecule has 3 saturated heterocycles. The molecule has 1 amide bonds. The number of thioether (sulfide) groups is 1. The van der Waals surface area contributed by atoms with Crippen LogP contribution in [0.2, 0.25) is 0 Å². The van der Waals surface area contributed by atoms with E-state index in [2.05, 4.69) is 70.9 Å². The molecule has 5 aromatic rings. The van der Waals surface area contributed by atoms with Crippen LogP contribution in [-0.4, -0.2) is 52.1 Å². The van der Waals surface area contributed by atoms with Gasteiger partial charge in [0.05, 0.1) is 10.3 Å². The summed E-state index contributed by atoms with van der Waals surface area (Å²) < 4.78 is 5.56. The zero-order valence-electron chi connectivity index (χ0n) is 27.2. The number of benzene rings is 5. The van der Waals surface area contributed by atoms with E-state index in [-0.39, 0.29) is 23.9 Å². The summed E-state index contributed by atoms with van der Waals surface area (Å²) in [5.41, 5.74) is 4.45. The van der Waals surface area contributed by atoms with Crippen LogP contribution in [0.25, 0.3) is 0 Å². The Balaban J connectivity index is 1.15. The van der Waals surface area contributed by atoms with Gasteiger partial charge in [-0.25, -0.2) is 4.79 Å². The first-order valence-corrected chi connectivity index (χ1v) is 17.9. The van der Waals surface area contributed by atoms with Crippen LogP contribution in [-0.2, 0) is 26.5 Å². The Morgan fingerprint density at radius 1 is 0.714 bits per heavy atom. The lowest BCUT2D eigenvalue weighted by molar-refractivity contribution is -0.165. The topological polar surface area (TPSA) is 61.9 Å². The summed E-state index contributed by atoms with van der Waals surface area (Å²) in [6.07, 6.45) is 1.54. The number of fused-ring (bicyclic) bond motifs is 1. The molecule has 0 aliphatic carbocycles. The first kappa shape index (κ1) is 31.4. The molecule has 7 heteroatoms. The lowest BCUT2D eigenvalue weighted by atomic mass is 9.75. The molecule has 0 bridgehead atoms. The van der Waals surface area contributed by atoms with E-state index in [9.17, 15) is 9.59 Å². The van der Waals surface area contributed by atoms with Gasteiger partial charge >= 0.3 is 5.97 Å². The van der Waals surface area contributed by atoms with Crippen LogP contribution < -0.4 is 10.2 Å². The lowest BCUT2D eigenvalue weighted by Gasteiger charge is -2.49. The Kier molecular flexibility index (Phi) is 8.48. The van der Waals surface area contributed by atoms with Gasteiger partial charge in [-0.15, -0.1) is 11.8 Å². The summed E-state index contributed by atoms with van der Waals surface area (Å²) in [6, 6.07) is 50.1. The SMILES string of the molecule is O=C(OCc1ccccc1)C1N2C(=O)C(NC(c3ccccc3)(c3ccccc3)c3ccccc3)[C@@H]2SC12CCN(c1ccccc1)CC2. The Labute approximate surface area is 292 Å². The van der Waals surface area contributed by atoms with Gasteiger partial charge in [0.25, 0.3) is 0 Å². The smallest absolute Gasteiger partial charge is 0.330 e. The van der Waals surface area contributed by atoms with Crippen molar-refractivity contribution in [2.24, 2.45) is 0 Å². The third kappa shape index (κ3) is 5.61. The second kappa shape index (κ2) is 13.2. The maximum Gasteiger partial charge on any atom is 0.330 e. The van der Waals surface area contributed by atoms with E-state index in [1.807, 2.05) is 95.9 Å². The number of anilines is 1. The lowest BCUT2D eigenvalue weighted by Crippen LogP contribution is -2.73. The molecule has 0 aromatic heterocycles. The number of esters is 1. The van der Waals surface area contributed by atoms with Crippen molar-refractivity contribution < 1.29 is 14.3 Å². The number of carbonyl (C=O) groups excluding carboxylic acids is 2. The van der Waals surface area contributed by atoms with Crippen LogP contribution in [0.15, 0.2) is 152 Å². The zero-order valence-corrected chi connectivity index (χ0v) is 28.0. The second-order valence-electron chi connectivity index (χ2n) is 13.1. The summed E-state index contributed by atoms with van der Waals surface area (Å²) in [4.78, 5) is 32.9. The maximum absolute atomic E-state index is 14.5. The first-order chi connectivity index (χ1) is 24.1. The minimum absolute atomic E-state index is 0.0614. The summed E-state index contributed by atoms with van der Waals surface area (Å²) in [5.74, 6) is -0.382. The predicted octanol–water partition coefficient (Wildman–Crippen LogP) is 7.00. The Hall–Kier alpha value is -4.85. The summed E-state index contributed by atoms with van der Waals surface area (Å²) in [6.45, 7) is 1.78. The molecule has 1 N–H and O–H groups in total. The fraction of sp³-hybridized carbons (Fsp3) is 0.238. The third-order valence-corrected chi connectivity index (χ3v) is 12.2. The monoisotopic (exact) mass is 665 g/mol. The maximum atomic E-state index is 14.5. The van der Waals surface area contributed by atoms with Gasteiger partial charge in [-0.05, 0) is 47.2 Å².